The Balaban J connectivity index is 1.98. The number of benzene rings is 2. The van der Waals surface area contributed by atoms with Crippen molar-refractivity contribution in [1.29, 1.82) is 0 Å². The zero-order valence-corrected chi connectivity index (χ0v) is 11.9. The lowest BCUT2D eigenvalue weighted by atomic mass is 9.79. The molecule has 1 aliphatic rings. The van der Waals surface area contributed by atoms with Gasteiger partial charge in [-0.05, 0) is 29.7 Å². The van der Waals surface area contributed by atoms with Gasteiger partial charge in [0.2, 0.25) is 0 Å². The van der Waals surface area contributed by atoms with Gasteiger partial charge in [0.15, 0.2) is 5.78 Å². The van der Waals surface area contributed by atoms with Crippen LogP contribution in [0.1, 0.15) is 42.5 Å². The lowest BCUT2D eigenvalue weighted by Gasteiger charge is -2.34. The van der Waals surface area contributed by atoms with Crippen LogP contribution in [0.4, 0.5) is 0 Å². The predicted octanol–water partition coefficient (Wildman–Crippen LogP) is 4.37. The molecule has 3 rings (SSSR count). The van der Waals surface area contributed by atoms with Crippen molar-refractivity contribution in [2.24, 2.45) is 0 Å². The quantitative estimate of drug-likeness (QED) is 0.772. The van der Waals surface area contributed by atoms with Crippen molar-refractivity contribution < 1.29 is 9.53 Å². The summed E-state index contributed by atoms with van der Waals surface area (Å²) in [5, 5.41) is 2.28. The van der Waals surface area contributed by atoms with Crippen molar-refractivity contribution in [1.82, 2.24) is 0 Å². The molecule has 0 atom stereocenters. The Morgan fingerprint density at radius 1 is 1.00 bits per heavy atom. The Bertz CT molecular complexity index is 624. The second kappa shape index (κ2) is 5.37. The van der Waals surface area contributed by atoms with E-state index in [1.54, 1.807) is 7.11 Å². The lowest BCUT2D eigenvalue weighted by molar-refractivity contribution is -0.0194. The number of carbonyl (C=O) groups excluding carboxylic acids is 1. The standard InChI is InChI=1S/C18H20O2/c1-20-18(11-5-2-6-12-18)17(19)16-10-9-14-7-3-4-8-15(14)13-16/h3-4,7-10,13H,2,5-6,11-12H2,1H3. The molecule has 0 amide bonds. The number of rotatable bonds is 3. The summed E-state index contributed by atoms with van der Waals surface area (Å²) in [6, 6.07) is 14.1. The lowest BCUT2D eigenvalue weighted by Crippen LogP contribution is -2.42. The average Bonchev–Trinajstić information content (AvgIpc) is 2.54. The fourth-order valence-electron chi connectivity index (χ4n) is 3.24. The van der Waals surface area contributed by atoms with Crippen LogP contribution in [0.25, 0.3) is 10.8 Å². The fraction of sp³-hybridized carbons (Fsp3) is 0.389. The van der Waals surface area contributed by atoms with E-state index in [0.29, 0.717) is 0 Å². The van der Waals surface area contributed by atoms with Crippen LogP contribution in [0.15, 0.2) is 42.5 Å². The third-order valence-corrected chi connectivity index (χ3v) is 4.48. The number of hydrogen-bond acceptors (Lipinski definition) is 2. The van der Waals surface area contributed by atoms with E-state index in [1.165, 1.54) is 11.8 Å². The highest BCUT2D eigenvalue weighted by Gasteiger charge is 2.39. The van der Waals surface area contributed by atoms with Crippen LogP contribution >= 0.6 is 0 Å². The number of ketones is 1. The summed E-state index contributed by atoms with van der Waals surface area (Å²) >= 11 is 0. The average molecular weight is 268 g/mol. The van der Waals surface area contributed by atoms with Gasteiger partial charge < -0.3 is 4.74 Å². The summed E-state index contributed by atoms with van der Waals surface area (Å²) in [5.74, 6) is 0.144. The SMILES string of the molecule is COC1(C(=O)c2ccc3ccccc3c2)CCCCC1. The Morgan fingerprint density at radius 2 is 1.70 bits per heavy atom. The van der Waals surface area contributed by atoms with E-state index in [4.69, 9.17) is 4.74 Å². The number of Topliss-reactive ketones (excluding diaryl/α,β-unsaturated/α-hetero) is 1. The Hall–Kier alpha value is -1.67. The highest BCUT2D eigenvalue weighted by Crippen LogP contribution is 2.34. The molecule has 1 aliphatic carbocycles. The molecule has 104 valence electrons. The molecule has 2 nitrogen and oxygen atoms in total. The number of fused-ring (bicyclic) bond motifs is 1. The van der Waals surface area contributed by atoms with Crippen LogP contribution in [0.2, 0.25) is 0 Å². The molecule has 0 radical (unpaired) electrons. The van der Waals surface area contributed by atoms with Crippen LogP contribution < -0.4 is 0 Å². The Labute approximate surface area is 119 Å². The molecular weight excluding hydrogens is 248 g/mol. The van der Waals surface area contributed by atoms with Crippen molar-refractivity contribution in [3.05, 3.63) is 48.0 Å². The van der Waals surface area contributed by atoms with Gasteiger partial charge in [0.1, 0.15) is 5.60 Å². The molecule has 0 saturated heterocycles. The molecule has 20 heavy (non-hydrogen) atoms. The first kappa shape index (κ1) is 13.3. The number of hydrogen-bond donors (Lipinski definition) is 0. The maximum Gasteiger partial charge on any atom is 0.194 e. The molecular formula is C18H20O2. The van der Waals surface area contributed by atoms with Gasteiger partial charge in [0, 0.05) is 12.7 Å². The van der Waals surface area contributed by atoms with Gasteiger partial charge in [-0.15, -0.1) is 0 Å². The minimum Gasteiger partial charge on any atom is -0.370 e. The topological polar surface area (TPSA) is 26.3 Å². The van der Waals surface area contributed by atoms with Gasteiger partial charge in [0.25, 0.3) is 0 Å². The summed E-state index contributed by atoms with van der Waals surface area (Å²) in [4.78, 5) is 12.9. The zero-order valence-electron chi connectivity index (χ0n) is 11.9. The van der Waals surface area contributed by atoms with E-state index in [2.05, 4.69) is 6.07 Å². The number of carbonyl (C=O) groups is 1. The van der Waals surface area contributed by atoms with Crippen LogP contribution in [0.5, 0.6) is 0 Å². The molecule has 0 aliphatic heterocycles. The Kier molecular flexibility index (Phi) is 3.58. The molecule has 2 heteroatoms. The molecule has 1 fully saturated rings. The highest BCUT2D eigenvalue weighted by atomic mass is 16.5. The van der Waals surface area contributed by atoms with E-state index in [1.807, 2.05) is 36.4 Å². The number of methoxy groups -OCH3 is 1. The minimum atomic E-state index is -0.597. The molecule has 2 aromatic rings. The molecule has 0 spiro atoms. The summed E-state index contributed by atoms with van der Waals surface area (Å²) in [7, 11) is 1.67. The third-order valence-electron chi connectivity index (χ3n) is 4.48. The third kappa shape index (κ3) is 2.25. The second-order valence-electron chi connectivity index (χ2n) is 5.65. The van der Waals surface area contributed by atoms with Gasteiger partial charge in [-0.2, -0.15) is 0 Å². The highest BCUT2D eigenvalue weighted by molar-refractivity contribution is 6.05. The van der Waals surface area contributed by atoms with Gasteiger partial charge in [-0.3, -0.25) is 4.79 Å². The second-order valence-corrected chi connectivity index (χ2v) is 5.65. The van der Waals surface area contributed by atoms with Crippen LogP contribution in [0, 0.1) is 0 Å². The van der Waals surface area contributed by atoms with E-state index in [0.717, 1.165) is 36.6 Å². The molecule has 2 aromatic carbocycles. The monoisotopic (exact) mass is 268 g/mol. The summed E-state index contributed by atoms with van der Waals surface area (Å²) in [6.45, 7) is 0. The normalized spacial score (nSPS) is 18.1. The molecule has 0 unspecified atom stereocenters. The van der Waals surface area contributed by atoms with Crippen molar-refractivity contribution in [3.8, 4) is 0 Å². The van der Waals surface area contributed by atoms with Crippen molar-refractivity contribution in [2.75, 3.05) is 7.11 Å². The summed E-state index contributed by atoms with van der Waals surface area (Å²) in [5.41, 5.74) is 0.174. The first-order valence-electron chi connectivity index (χ1n) is 7.34. The zero-order chi connectivity index (χ0) is 14.0. The predicted molar refractivity (Wildman–Crippen MR) is 81.1 cm³/mol. The number of ether oxygens (including phenoxy) is 1. The van der Waals surface area contributed by atoms with Crippen LogP contribution in [0.3, 0.4) is 0 Å². The van der Waals surface area contributed by atoms with Crippen molar-refractivity contribution in [2.45, 2.75) is 37.7 Å². The van der Waals surface area contributed by atoms with Gasteiger partial charge >= 0.3 is 0 Å². The molecule has 0 bridgehead atoms. The van der Waals surface area contributed by atoms with Gasteiger partial charge in [0.05, 0.1) is 0 Å². The first-order valence-corrected chi connectivity index (χ1v) is 7.34. The maximum absolute atomic E-state index is 12.9. The van der Waals surface area contributed by atoms with E-state index >= 15 is 0 Å². The van der Waals surface area contributed by atoms with Gasteiger partial charge in [-0.25, -0.2) is 0 Å². The Morgan fingerprint density at radius 3 is 2.40 bits per heavy atom. The van der Waals surface area contributed by atoms with Crippen LogP contribution in [-0.4, -0.2) is 18.5 Å². The largest absolute Gasteiger partial charge is 0.370 e. The first-order chi connectivity index (χ1) is 9.75. The fourth-order valence-corrected chi connectivity index (χ4v) is 3.24. The minimum absolute atomic E-state index is 0.144. The van der Waals surface area contributed by atoms with E-state index in [-0.39, 0.29) is 5.78 Å². The molecule has 0 aromatic heterocycles. The maximum atomic E-state index is 12.9. The smallest absolute Gasteiger partial charge is 0.194 e. The molecule has 0 heterocycles. The molecule has 0 N–H and O–H groups in total. The van der Waals surface area contributed by atoms with E-state index < -0.39 is 5.60 Å². The van der Waals surface area contributed by atoms with E-state index in [9.17, 15) is 4.79 Å². The van der Waals surface area contributed by atoms with Crippen molar-refractivity contribution in [3.63, 3.8) is 0 Å². The molecule has 1 saturated carbocycles. The summed E-state index contributed by atoms with van der Waals surface area (Å²) < 4.78 is 5.66. The summed E-state index contributed by atoms with van der Waals surface area (Å²) in [6.07, 6.45) is 5.04. The van der Waals surface area contributed by atoms with Crippen LogP contribution in [-0.2, 0) is 4.74 Å². The van der Waals surface area contributed by atoms with Crippen molar-refractivity contribution >= 4 is 16.6 Å². The van der Waals surface area contributed by atoms with Gasteiger partial charge in [-0.1, -0.05) is 55.7 Å².